The smallest absolute Gasteiger partial charge is 0.329 e. The van der Waals surface area contributed by atoms with Gasteiger partial charge in [0.2, 0.25) is 0 Å². The second kappa shape index (κ2) is 6.75. The molecule has 0 aromatic rings. The highest BCUT2D eigenvalue weighted by Gasteiger charge is 2.48. The van der Waals surface area contributed by atoms with Crippen molar-refractivity contribution in [1.82, 2.24) is 10.2 Å². The molecule has 1 rings (SSSR count). The van der Waals surface area contributed by atoms with Crippen LogP contribution in [0.1, 0.15) is 33.1 Å². The lowest BCUT2D eigenvalue weighted by Crippen LogP contribution is -2.56. The van der Waals surface area contributed by atoms with Crippen molar-refractivity contribution in [2.75, 3.05) is 26.8 Å². The average Bonchev–Trinajstić information content (AvgIpc) is 2.81. The fourth-order valence-electron chi connectivity index (χ4n) is 2.62. The van der Waals surface area contributed by atoms with E-state index in [-0.39, 0.29) is 11.9 Å². The Kier molecular flexibility index (Phi) is 5.60. The first-order chi connectivity index (χ1) is 8.97. The number of nitrogens with one attached hydrogen (secondary N) is 1. The number of carbonyl (C=O) groups is 2. The molecular formula is C13H24N2O4. The van der Waals surface area contributed by atoms with Crippen molar-refractivity contribution in [3.05, 3.63) is 0 Å². The molecule has 0 aromatic heterocycles. The van der Waals surface area contributed by atoms with Crippen LogP contribution in [-0.4, -0.2) is 54.4 Å². The molecule has 1 heterocycles. The van der Waals surface area contributed by atoms with Crippen molar-refractivity contribution >= 4 is 12.0 Å². The normalized spacial score (nSPS) is 24.3. The molecule has 2 N–H and O–H groups in total. The van der Waals surface area contributed by atoms with Crippen LogP contribution in [0.2, 0.25) is 0 Å². The van der Waals surface area contributed by atoms with Gasteiger partial charge < -0.3 is 20.1 Å². The number of likely N-dealkylation sites (tertiary alicyclic amines) is 1. The summed E-state index contributed by atoms with van der Waals surface area (Å²) in [4.78, 5) is 25.1. The summed E-state index contributed by atoms with van der Waals surface area (Å²) in [5.74, 6) is -0.704. The van der Waals surface area contributed by atoms with E-state index in [2.05, 4.69) is 5.32 Å². The Bertz CT molecular complexity index is 335. The predicted molar refractivity (Wildman–Crippen MR) is 71.0 cm³/mol. The number of hydrogen-bond acceptors (Lipinski definition) is 3. The molecule has 1 aliphatic rings. The summed E-state index contributed by atoms with van der Waals surface area (Å²) >= 11 is 0. The molecule has 19 heavy (non-hydrogen) atoms. The maximum Gasteiger partial charge on any atom is 0.329 e. The van der Waals surface area contributed by atoms with Crippen molar-refractivity contribution in [3.8, 4) is 0 Å². The first-order valence-corrected chi connectivity index (χ1v) is 6.75. The molecule has 0 aromatic carbocycles. The zero-order chi connectivity index (χ0) is 14.5. The summed E-state index contributed by atoms with van der Waals surface area (Å²) in [5.41, 5.74) is -1.03. The van der Waals surface area contributed by atoms with Crippen LogP contribution in [0.25, 0.3) is 0 Å². The standard InChI is InChI=1S/C13H24N2O4/c1-4-13(11(16)17)6-5-7-15(13)12(18)14-8-10(2)9-19-3/h10H,4-9H2,1-3H3,(H,14,18)(H,16,17). The number of hydrogen-bond donors (Lipinski definition) is 2. The second-order valence-electron chi connectivity index (χ2n) is 5.19. The zero-order valence-corrected chi connectivity index (χ0v) is 11.9. The van der Waals surface area contributed by atoms with Crippen LogP contribution in [0.3, 0.4) is 0 Å². The summed E-state index contributed by atoms with van der Waals surface area (Å²) in [5, 5.41) is 12.2. The molecule has 6 nitrogen and oxygen atoms in total. The number of carboxylic acids is 1. The lowest BCUT2D eigenvalue weighted by Gasteiger charge is -2.34. The SMILES string of the molecule is CCC1(C(=O)O)CCCN1C(=O)NCC(C)COC. The van der Waals surface area contributed by atoms with E-state index in [1.165, 1.54) is 4.90 Å². The largest absolute Gasteiger partial charge is 0.479 e. The van der Waals surface area contributed by atoms with Gasteiger partial charge in [0, 0.05) is 20.2 Å². The van der Waals surface area contributed by atoms with Gasteiger partial charge in [-0.05, 0) is 25.2 Å². The summed E-state index contributed by atoms with van der Waals surface area (Å²) in [7, 11) is 1.62. The van der Waals surface area contributed by atoms with Crippen molar-refractivity contribution in [1.29, 1.82) is 0 Å². The Morgan fingerprint density at radius 3 is 2.74 bits per heavy atom. The van der Waals surface area contributed by atoms with Gasteiger partial charge in [-0.1, -0.05) is 13.8 Å². The van der Waals surface area contributed by atoms with E-state index in [0.29, 0.717) is 32.5 Å². The number of carbonyl (C=O) groups excluding carboxylic acids is 1. The number of methoxy groups -OCH3 is 1. The second-order valence-corrected chi connectivity index (χ2v) is 5.19. The number of urea groups is 1. The summed E-state index contributed by atoms with van der Waals surface area (Å²) in [6, 6.07) is -0.287. The highest BCUT2D eigenvalue weighted by molar-refractivity contribution is 5.87. The highest BCUT2D eigenvalue weighted by atomic mass is 16.5. The first-order valence-electron chi connectivity index (χ1n) is 6.75. The van der Waals surface area contributed by atoms with Gasteiger partial charge >= 0.3 is 12.0 Å². The molecule has 0 saturated carbocycles. The maximum atomic E-state index is 12.1. The van der Waals surface area contributed by atoms with Gasteiger partial charge in [-0.25, -0.2) is 9.59 Å². The van der Waals surface area contributed by atoms with Gasteiger partial charge in [0.15, 0.2) is 0 Å². The summed E-state index contributed by atoms with van der Waals surface area (Å²) < 4.78 is 5.00. The summed E-state index contributed by atoms with van der Waals surface area (Å²) in [6.07, 6.45) is 1.70. The zero-order valence-electron chi connectivity index (χ0n) is 11.9. The van der Waals surface area contributed by atoms with Gasteiger partial charge in [0.25, 0.3) is 0 Å². The minimum atomic E-state index is -1.03. The van der Waals surface area contributed by atoms with Crippen molar-refractivity contribution < 1.29 is 19.4 Å². The quantitative estimate of drug-likeness (QED) is 0.764. The molecule has 2 unspecified atom stereocenters. The van der Waals surface area contributed by atoms with E-state index in [4.69, 9.17) is 4.74 Å². The number of aliphatic carboxylic acids is 1. The maximum absolute atomic E-state index is 12.1. The van der Waals surface area contributed by atoms with Crippen LogP contribution < -0.4 is 5.32 Å². The lowest BCUT2D eigenvalue weighted by atomic mass is 9.93. The van der Waals surface area contributed by atoms with Crippen LogP contribution in [0, 0.1) is 5.92 Å². The molecule has 1 fully saturated rings. The van der Waals surface area contributed by atoms with Crippen molar-refractivity contribution in [3.63, 3.8) is 0 Å². The van der Waals surface area contributed by atoms with Crippen LogP contribution in [0.5, 0.6) is 0 Å². The van der Waals surface area contributed by atoms with Crippen molar-refractivity contribution in [2.24, 2.45) is 5.92 Å². The number of carboxylic acid groups (broad SMARTS) is 1. The molecule has 1 saturated heterocycles. The van der Waals surface area contributed by atoms with E-state index < -0.39 is 11.5 Å². The molecule has 0 bridgehead atoms. The van der Waals surface area contributed by atoms with Gasteiger partial charge in [-0.2, -0.15) is 0 Å². The van der Waals surface area contributed by atoms with E-state index >= 15 is 0 Å². The Hall–Kier alpha value is -1.30. The summed E-state index contributed by atoms with van der Waals surface area (Å²) in [6.45, 7) is 5.34. The van der Waals surface area contributed by atoms with E-state index in [9.17, 15) is 14.7 Å². The predicted octanol–water partition coefficient (Wildman–Crippen LogP) is 1.31. The minimum Gasteiger partial charge on any atom is -0.479 e. The third-order valence-corrected chi connectivity index (χ3v) is 3.77. The van der Waals surface area contributed by atoms with Gasteiger partial charge in [-0.3, -0.25) is 0 Å². The topological polar surface area (TPSA) is 78.9 Å². The minimum absolute atomic E-state index is 0.206. The number of ether oxygens (including phenoxy) is 1. The Labute approximate surface area is 114 Å². The molecule has 0 radical (unpaired) electrons. The molecular weight excluding hydrogens is 248 g/mol. The van der Waals surface area contributed by atoms with Crippen molar-refractivity contribution in [2.45, 2.75) is 38.6 Å². The monoisotopic (exact) mass is 272 g/mol. The molecule has 110 valence electrons. The van der Waals surface area contributed by atoms with E-state index in [1.807, 2.05) is 13.8 Å². The third kappa shape index (κ3) is 3.37. The number of amides is 2. The molecule has 0 spiro atoms. The number of rotatable bonds is 6. The number of nitrogens with zero attached hydrogens (tertiary/aromatic N) is 1. The highest BCUT2D eigenvalue weighted by Crippen LogP contribution is 2.32. The van der Waals surface area contributed by atoms with Gasteiger partial charge in [0.05, 0.1) is 6.61 Å². The molecule has 1 aliphatic heterocycles. The van der Waals surface area contributed by atoms with Crippen LogP contribution >= 0.6 is 0 Å². The van der Waals surface area contributed by atoms with E-state index in [0.717, 1.165) is 6.42 Å². The lowest BCUT2D eigenvalue weighted by molar-refractivity contribution is -0.148. The first kappa shape index (κ1) is 15.8. The molecule has 2 atom stereocenters. The van der Waals surface area contributed by atoms with Crippen LogP contribution in [0.4, 0.5) is 4.79 Å². The fourth-order valence-corrected chi connectivity index (χ4v) is 2.62. The van der Waals surface area contributed by atoms with Gasteiger partial charge in [0.1, 0.15) is 5.54 Å². The fraction of sp³-hybridized carbons (Fsp3) is 0.846. The van der Waals surface area contributed by atoms with E-state index in [1.54, 1.807) is 7.11 Å². The Morgan fingerprint density at radius 1 is 1.53 bits per heavy atom. The molecule has 0 aliphatic carbocycles. The average molecular weight is 272 g/mol. The Morgan fingerprint density at radius 2 is 2.21 bits per heavy atom. The third-order valence-electron chi connectivity index (χ3n) is 3.77. The van der Waals surface area contributed by atoms with Gasteiger partial charge in [-0.15, -0.1) is 0 Å². The molecule has 2 amide bonds. The van der Waals surface area contributed by atoms with Crippen LogP contribution in [-0.2, 0) is 9.53 Å². The Balaban J connectivity index is 2.62. The molecule has 6 heteroatoms. The van der Waals surface area contributed by atoms with Crippen LogP contribution in [0.15, 0.2) is 0 Å².